The van der Waals surface area contributed by atoms with Crippen LogP contribution in [0.15, 0.2) is 24.3 Å². The highest BCUT2D eigenvalue weighted by molar-refractivity contribution is 5.90. The maximum atomic E-state index is 2.49. The Hall–Kier alpha value is -1.30. The van der Waals surface area contributed by atoms with Crippen LogP contribution >= 0.6 is 0 Å². The molecular weight excluding hydrogens is 264 g/mol. The van der Waals surface area contributed by atoms with Gasteiger partial charge in [0, 0.05) is 0 Å². The highest BCUT2D eigenvalue weighted by atomic mass is 14.2. The molecular formula is C22H32. The van der Waals surface area contributed by atoms with E-state index in [4.69, 9.17) is 0 Å². The third-order valence-electron chi connectivity index (χ3n) is 4.54. The molecule has 0 fully saturated rings. The molecule has 0 amide bonds. The predicted molar refractivity (Wildman–Crippen MR) is 99.9 cm³/mol. The van der Waals surface area contributed by atoms with Gasteiger partial charge in [0.05, 0.1) is 0 Å². The fraction of sp³-hybridized carbons (Fsp3) is 0.545. The molecule has 0 aliphatic rings. The third kappa shape index (κ3) is 3.72. The second kappa shape index (κ2) is 8.36. The Kier molecular flexibility index (Phi) is 6.49. The molecule has 0 heterocycles. The van der Waals surface area contributed by atoms with Crippen LogP contribution in [0.3, 0.4) is 0 Å². The zero-order valence-corrected chi connectivity index (χ0v) is 15.0. The number of benzene rings is 2. The average Bonchev–Trinajstić information content (AvgIpc) is 2.50. The first-order valence-corrected chi connectivity index (χ1v) is 9.31. The molecule has 2 rings (SSSR count). The Morgan fingerprint density at radius 2 is 1.27 bits per heavy atom. The van der Waals surface area contributed by atoms with Crippen molar-refractivity contribution in [1.29, 1.82) is 0 Å². The van der Waals surface area contributed by atoms with Crippen LogP contribution in [0.25, 0.3) is 10.8 Å². The number of aryl methyl sites for hydroxylation is 4. The average molecular weight is 296 g/mol. The van der Waals surface area contributed by atoms with Crippen molar-refractivity contribution in [1.82, 2.24) is 0 Å². The molecule has 0 aromatic heterocycles. The summed E-state index contributed by atoms with van der Waals surface area (Å²) in [5, 5.41) is 3.05. The number of hydrogen-bond acceptors (Lipinski definition) is 0. The Labute approximate surface area is 136 Å². The lowest BCUT2D eigenvalue weighted by molar-refractivity contribution is 0.862. The van der Waals surface area contributed by atoms with Crippen LogP contribution in [0, 0.1) is 0 Å². The lowest BCUT2D eigenvalue weighted by Crippen LogP contribution is -2.00. The summed E-state index contributed by atoms with van der Waals surface area (Å²) in [6.07, 6.45) is 9.77. The van der Waals surface area contributed by atoms with E-state index in [9.17, 15) is 0 Å². The van der Waals surface area contributed by atoms with Crippen molar-refractivity contribution >= 4 is 10.8 Å². The first-order valence-electron chi connectivity index (χ1n) is 9.31. The molecule has 0 spiro atoms. The lowest BCUT2D eigenvalue weighted by atomic mass is 9.88. The molecule has 120 valence electrons. The van der Waals surface area contributed by atoms with Gasteiger partial charge in [-0.1, -0.05) is 77.6 Å². The van der Waals surface area contributed by atoms with Crippen LogP contribution in [0.2, 0.25) is 0 Å². The third-order valence-corrected chi connectivity index (χ3v) is 4.54. The maximum Gasteiger partial charge on any atom is -0.0117 e. The van der Waals surface area contributed by atoms with Gasteiger partial charge in [-0.2, -0.15) is 0 Å². The van der Waals surface area contributed by atoms with E-state index in [0.29, 0.717) is 0 Å². The van der Waals surface area contributed by atoms with E-state index >= 15 is 0 Å². The molecule has 0 bridgehead atoms. The molecule has 0 N–H and O–H groups in total. The van der Waals surface area contributed by atoms with Gasteiger partial charge in [-0.25, -0.2) is 0 Å². The molecule has 0 unspecified atom stereocenters. The summed E-state index contributed by atoms with van der Waals surface area (Å²) in [5.74, 6) is 0. The monoisotopic (exact) mass is 296 g/mol. The molecule has 2 aromatic rings. The van der Waals surface area contributed by atoms with Gasteiger partial charge in [0.25, 0.3) is 0 Å². The summed E-state index contributed by atoms with van der Waals surface area (Å²) in [6.45, 7) is 9.17. The van der Waals surface area contributed by atoms with Crippen LogP contribution < -0.4 is 0 Å². The summed E-state index contributed by atoms with van der Waals surface area (Å²) in [6, 6.07) is 9.69. The van der Waals surface area contributed by atoms with E-state index in [1.54, 1.807) is 22.1 Å². The Morgan fingerprint density at radius 3 is 1.91 bits per heavy atom. The minimum atomic E-state index is 1.20. The van der Waals surface area contributed by atoms with Crippen molar-refractivity contribution in [2.45, 2.75) is 79.1 Å². The van der Waals surface area contributed by atoms with Crippen LogP contribution in [-0.2, 0) is 25.7 Å². The van der Waals surface area contributed by atoms with Gasteiger partial charge < -0.3 is 0 Å². The van der Waals surface area contributed by atoms with E-state index in [1.165, 1.54) is 62.3 Å². The van der Waals surface area contributed by atoms with Crippen molar-refractivity contribution in [2.24, 2.45) is 0 Å². The van der Waals surface area contributed by atoms with Crippen LogP contribution in [0.4, 0.5) is 0 Å². The van der Waals surface area contributed by atoms with Crippen LogP contribution in [0.1, 0.15) is 75.6 Å². The topological polar surface area (TPSA) is 0 Å². The second-order valence-corrected chi connectivity index (χ2v) is 6.56. The van der Waals surface area contributed by atoms with Crippen LogP contribution in [-0.4, -0.2) is 0 Å². The van der Waals surface area contributed by atoms with Crippen molar-refractivity contribution < 1.29 is 0 Å². The molecule has 0 saturated heterocycles. The summed E-state index contributed by atoms with van der Waals surface area (Å²) in [7, 11) is 0. The molecule has 0 aliphatic heterocycles. The Bertz CT molecular complexity index is 607. The van der Waals surface area contributed by atoms with Gasteiger partial charge >= 0.3 is 0 Å². The minimum absolute atomic E-state index is 1.20. The van der Waals surface area contributed by atoms with E-state index in [0.717, 1.165) is 0 Å². The smallest absolute Gasteiger partial charge is 0.0117 e. The van der Waals surface area contributed by atoms with Gasteiger partial charge in [-0.05, 0) is 58.7 Å². The van der Waals surface area contributed by atoms with Gasteiger partial charge in [0.1, 0.15) is 0 Å². The molecule has 22 heavy (non-hydrogen) atoms. The SMILES string of the molecule is CCCc1cc(CCC)c2c(CCC)c(CCC)ccc2c1. The summed E-state index contributed by atoms with van der Waals surface area (Å²) >= 11 is 0. The lowest BCUT2D eigenvalue weighted by Gasteiger charge is -2.17. The standard InChI is InChI=1S/C22H32/c1-5-9-17-15-19(11-7-3)22-20(16-17)14-13-18(10-6-2)21(22)12-8-4/h13-16H,5-12H2,1-4H3. The van der Waals surface area contributed by atoms with Gasteiger partial charge in [-0.15, -0.1) is 0 Å². The van der Waals surface area contributed by atoms with Crippen molar-refractivity contribution in [3.63, 3.8) is 0 Å². The zero-order valence-electron chi connectivity index (χ0n) is 15.0. The second-order valence-electron chi connectivity index (χ2n) is 6.56. The fourth-order valence-electron chi connectivity index (χ4n) is 3.68. The zero-order chi connectivity index (χ0) is 15.9. The highest BCUT2D eigenvalue weighted by Gasteiger charge is 2.12. The van der Waals surface area contributed by atoms with Crippen molar-refractivity contribution in [3.05, 3.63) is 46.5 Å². The quantitative estimate of drug-likeness (QED) is 0.511. The fourth-order valence-corrected chi connectivity index (χ4v) is 3.68. The van der Waals surface area contributed by atoms with Crippen molar-refractivity contribution in [3.8, 4) is 0 Å². The first-order chi connectivity index (χ1) is 10.7. The number of rotatable bonds is 8. The van der Waals surface area contributed by atoms with E-state index < -0.39 is 0 Å². The highest BCUT2D eigenvalue weighted by Crippen LogP contribution is 2.30. The van der Waals surface area contributed by atoms with Crippen LogP contribution in [0.5, 0.6) is 0 Å². The number of hydrogen-bond donors (Lipinski definition) is 0. The Balaban J connectivity index is 2.68. The number of fused-ring (bicyclic) bond motifs is 1. The maximum absolute atomic E-state index is 2.49. The molecule has 0 saturated carbocycles. The van der Waals surface area contributed by atoms with Gasteiger partial charge in [-0.3, -0.25) is 0 Å². The molecule has 2 aromatic carbocycles. The largest absolute Gasteiger partial charge is 0.0651 e. The summed E-state index contributed by atoms with van der Waals surface area (Å²) in [4.78, 5) is 0. The summed E-state index contributed by atoms with van der Waals surface area (Å²) in [5.41, 5.74) is 6.32. The molecule has 0 nitrogen and oxygen atoms in total. The van der Waals surface area contributed by atoms with E-state index in [1.807, 2.05) is 0 Å². The minimum Gasteiger partial charge on any atom is -0.0651 e. The normalized spacial score (nSPS) is 11.3. The Morgan fingerprint density at radius 1 is 0.636 bits per heavy atom. The molecule has 0 atom stereocenters. The molecule has 0 heteroatoms. The first kappa shape index (κ1) is 17.1. The van der Waals surface area contributed by atoms with E-state index in [2.05, 4.69) is 52.0 Å². The predicted octanol–water partition coefficient (Wildman–Crippen LogP) is 6.65. The van der Waals surface area contributed by atoms with Crippen molar-refractivity contribution in [2.75, 3.05) is 0 Å². The van der Waals surface area contributed by atoms with Gasteiger partial charge in [0.15, 0.2) is 0 Å². The molecule has 0 aliphatic carbocycles. The van der Waals surface area contributed by atoms with Gasteiger partial charge in [0.2, 0.25) is 0 Å². The van der Waals surface area contributed by atoms with E-state index in [-0.39, 0.29) is 0 Å². The molecule has 0 radical (unpaired) electrons. The summed E-state index contributed by atoms with van der Waals surface area (Å²) < 4.78 is 0.